The van der Waals surface area contributed by atoms with Gasteiger partial charge in [0.05, 0.1) is 45.2 Å². The van der Waals surface area contributed by atoms with E-state index in [1.54, 1.807) is 0 Å². The van der Waals surface area contributed by atoms with Crippen molar-refractivity contribution in [3.63, 3.8) is 0 Å². The van der Waals surface area contributed by atoms with Crippen LogP contribution in [0.2, 0.25) is 0 Å². The summed E-state index contributed by atoms with van der Waals surface area (Å²) in [5.41, 5.74) is 1.47. The fourth-order valence-corrected chi connectivity index (χ4v) is 5.49. The Balaban J connectivity index is 1.70. The first-order valence-corrected chi connectivity index (χ1v) is 12.6. The molecule has 0 radical (unpaired) electrons. The molecule has 1 atom stereocenters. The molecular formula is C25H33NO4S. The van der Waals surface area contributed by atoms with Gasteiger partial charge in [0.2, 0.25) is 0 Å². The Morgan fingerprint density at radius 3 is 2.45 bits per heavy atom. The quantitative estimate of drug-likeness (QED) is 0.616. The van der Waals surface area contributed by atoms with Crippen LogP contribution in [0.1, 0.15) is 42.1 Å². The topological polar surface area (TPSA) is 48.0 Å². The highest BCUT2D eigenvalue weighted by molar-refractivity contribution is 7.99. The van der Waals surface area contributed by atoms with Crippen LogP contribution in [0.15, 0.2) is 36.4 Å². The summed E-state index contributed by atoms with van der Waals surface area (Å²) < 4.78 is 17.5. The lowest BCUT2D eigenvalue weighted by molar-refractivity contribution is -0.0466. The summed E-state index contributed by atoms with van der Waals surface area (Å²) in [5, 5.41) is 2.27. The first kappa shape index (κ1) is 22.6. The largest absolute Gasteiger partial charge is 0.377 e. The Morgan fingerprint density at radius 2 is 1.68 bits per heavy atom. The van der Waals surface area contributed by atoms with Gasteiger partial charge >= 0.3 is 0 Å². The minimum atomic E-state index is -0.453. The number of thioether (sulfide) groups is 1. The lowest BCUT2D eigenvalue weighted by Gasteiger charge is -2.39. The Kier molecular flexibility index (Phi) is 7.88. The van der Waals surface area contributed by atoms with Crippen molar-refractivity contribution in [2.45, 2.75) is 31.7 Å². The predicted molar refractivity (Wildman–Crippen MR) is 126 cm³/mol. The molecule has 6 heteroatoms. The molecule has 2 aromatic rings. The molecule has 5 nitrogen and oxygen atoms in total. The molecule has 4 rings (SSSR count). The molecule has 31 heavy (non-hydrogen) atoms. The van der Waals surface area contributed by atoms with Crippen molar-refractivity contribution in [1.82, 2.24) is 4.90 Å². The molecule has 1 amide bonds. The number of carbonyl (C=O) groups excluding carboxylic acids is 1. The third-order valence-electron chi connectivity index (χ3n) is 6.15. The molecule has 2 aliphatic rings. The molecule has 1 fully saturated rings. The van der Waals surface area contributed by atoms with E-state index in [4.69, 9.17) is 14.2 Å². The van der Waals surface area contributed by atoms with Crippen LogP contribution in [-0.2, 0) is 19.7 Å². The van der Waals surface area contributed by atoms with E-state index in [9.17, 15) is 4.79 Å². The van der Waals surface area contributed by atoms with Crippen molar-refractivity contribution in [3.05, 3.63) is 47.5 Å². The third-order valence-corrected chi connectivity index (χ3v) is 7.43. The van der Waals surface area contributed by atoms with E-state index in [1.165, 1.54) is 17.6 Å². The monoisotopic (exact) mass is 443 g/mol. The minimum absolute atomic E-state index is 0.0995. The van der Waals surface area contributed by atoms with E-state index >= 15 is 0 Å². The van der Waals surface area contributed by atoms with Gasteiger partial charge in [0.1, 0.15) is 0 Å². The molecule has 168 valence electrons. The highest BCUT2D eigenvalue weighted by Crippen LogP contribution is 2.44. The lowest BCUT2D eigenvalue weighted by atomic mass is 9.84. The first-order chi connectivity index (χ1) is 15.3. The van der Waals surface area contributed by atoms with Crippen molar-refractivity contribution in [3.8, 4) is 0 Å². The van der Waals surface area contributed by atoms with E-state index in [-0.39, 0.29) is 5.91 Å². The number of carbonyl (C=O) groups is 1. The summed E-state index contributed by atoms with van der Waals surface area (Å²) in [4.78, 5) is 15.6. The molecule has 0 bridgehead atoms. The van der Waals surface area contributed by atoms with Crippen LogP contribution < -0.4 is 0 Å². The van der Waals surface area contributed by atoms with Gasteiger partial charge in [-0.1, -0.05) is 31.2 Å². The maximum atomic E-state index is 13.6. The van der Waals surface area contributed by atoms with E-state index in [1.807, 2.05) is 22.7 Å². The normalized spacial score (nSPS) is 22.6. The van der Waals surface area contributed by atoms with Crippen LogP contribution in [0.5, 0.6) is 0 Å². The van der Waals surface area contributed by atoms with Crippen LogP contribution in [-0.4, -0.2) is 68.5 Å². The number of nitrogens with zero attached hydrogens (tertiary/aromatic N) is 1. The van der Waals surface area contributed by atoms with Crippen LogP contribution >= 0.6 is 11.8 Å². The van der Waals surface area contributed by atoms with Crippen LogP contribution in [0.3, 0.4) is 0 Å². The van der Waals surface area contributed by atoms with Crippen molar-refractivity contribution in [2.75, 3.05) is 57.7 Å². The molecule has 1 saturated heterocycles. The van der Waals surface area contributed by atoms with E-state index in [2.05, 4.69) is 37.3 Å². The lowest BCUT2D eigenvalue weighted by Crippen LogP contribution is -2.49. The summed E-state index contributed by atoms with van der Waals surface area (Å²) in [6.45, 7) is 5.95. The van der Waals surface area contributed by atoms with Crippen molar-refractivity contribution in [2.24, 2.45) is 0 Å². The molecule has 0 N–H and O–H groups in total. The van der Waals surface area contributed by atoms with Crippen molar-refractivity contribution < 1.29 is 19.0 Å². The van der Waals surface area contributed by atoms with Gasteiger partial charge in [-0.3, -0.25) is 4.79 Å². The second-order valence-corrected chi connectivity index (χ2v) is 9.45. The first-order valence-electron chi connectivity index (χ1n) is 11.4. The van der Waals surface area contributed by atoms with Gasteiger partial charge in [-0.25, -0.2) is 0 Å². The van der Waals surface area contributed by atoms with E-state index in [0.717, 1.165) is 35.1 Å². The van der Waals surface area contributed by atoms with Gasteiger partial charge in [0, 0.05) is 12.1 Å². The molecular weight excluding hydrogens is 410 g/mol. The molecule has 0 saturated carbocycles. The zero-order chi connectivity index (χ0) is 21.5. The number of amides is 1. The number of hydrogen-bond acceptors (Lipinski definition) is 5. The van der Waals surface area contributed by atoms with Gasteiger partial charge < -0.3 is 19.1 Å². The Labute approximate surface area is 189 Å². The third kappa shape index (κ3) is 4.92. The fraction of sp³-hybridized carbons (Fsp3) is 0.560. The van der Waals surface area contributed by atoms with Gasteiger partial charge in [-0.2, -0.15) is 11.8 Å². The zero-order valence-electron chi connectivity index (χ0n) is 18.4. The standard InChI is InChI=1S/C25H33NO4S/c1-2-15-31-16-5-8-25-19-30-14-13-29-12-11-28-10-9-26(25)24(27)22-17-20-6-3-4-7-21(20)18-23(22)25/h3-4,6-7,17-18H,2,5,8-16,19H2,1H3. The van der Waals surface area contributed by atoms with Gasteiger partial charge in [0.25, 0.3) is 5.91 Å². The Morgan fingerprint density at radius 1 is 0.968 bits per heavy atom. The van der Waals surface area contributed by atoms with Crippen LogP contribution in [0, 0.1) is 0 Å². The zero-order valence-corrected chi connectivity index (χ0v) is 19.3. The van der Waals surface area contributed by atoms with Crippen LogP contribution in [0.25, 0.3) is 10.8 Å². The second-order valence-electron chi connectivity index (χ2n) is 8.23. The van der Waals surface area contributed by atoms with Gasteiger partial charge in [-0.15, -0.1) is 0 Å². The Bertz CT molecular complexity index is 889. The average Bonchev–Trinajstić information content (AvgIpc) is 2.99. The molecule has 0 aliphatic carbocycles. The number of benzene rings is 2. The molecule has 0 spiro atoms. The maximum absolute atomic E-state index is 13.6. The smallest absolute Gasteiger partial charge is 0.255 e. The average molecular weight is 444 g/mol. The number of fused-ring (bicyclic) bond motifs is 4. The molecule has 1 unspecified atom stereocenters. The summed E-state index contributed by atoms with van der Waals surface area (Å²) in [5.74, 6) is 2.38. The van der Waals surface area contributed by atoms with Crippen molar-refractivity contribution >= 4 is 28.4 Å². The van der Waals surface area contributed by atoms with E-state index in [0.29, 0.717) is 46.2 Å². The minimum Gasteiger partial charge on any atom is -0.377 e. The summed E-state index contributed by atoms with van der Waals surface area (Å²) in [6, 6.07) is 12.6. The summed E-state index contributed by atoms with van der Waals surface area (Å²) in [7, 11) is 0. The number of hydrogen-bond donors (Lipinski definition) is 0. The summed E-state index contributed by atoms with van der Waals surface area (Å²) in [6.07, 6.45) is 3.12. The van der Waals surface area contributed by atoms with Crippen molar-refractivity contribution in [1.29, 1.82) is 0 Å². The number of ether oxygens (including phenoxy) is 3. The predicted octanol–water partition coefficient (Wildman–Crippen LogP) is 4.48. The Hall–Kier alpha value is -1.60. The van der Waals surface area contributed by atoms with Crippen LogP contribution in [0.4, 0.5) is 0 Å². The second kappa shape index (κ2) is 10.8. The highest BCUT2D eigenvalue weighted by Gasteiger charge is 2.49. The summed E-state index contributed by atoms with van der Waals surface area (Å²) >= 11 is 1.99. The van der Waals surface area contributed by atoms with E-state index < -0.39 is 5.54 Å². The SMILES string of the molecule is CCCSCCCC12COCCOCCOCCN1C(=O)c1cc3ccccc3cc12. The highest BCUT2D eigenvalue weighted by atomic mass is 32.2. The fourth-order valence-electron chi connectivity index (χ4n) is 4.65. The van der Waals surface area contributed by atoms with Gasteiger partial charge in [0.15, 0.2) is 0 Å². The molecule has 2 aliphatic heterocycles. The molecule has 2 heterocycles. The molecule has 0 aromatic heterocycles. The maximum Gasteiger partial charge on any atom is 0.255 e. The van der Waals surface area contributed by atoms with Gasteiger partial charge in [-0.05, 0) is 59.2 Å². The number of rotatable bonds is 6. The molecule has 2 aromatic carbocycles.